The van der Waals surface area contributed by atoms with Crippen LogP contribution in [0.2, 0.25) is 5.02 Å². The lowest BCUT2D eigenvalue weighted by Gasteiger charge is -2.22. The molecule has 0 amide bonds. The molecule has 0 saturated carbocycles. The molecule has 20 heavy (non-hydrogen) atoms. The second-order valence-corrected chi connectivity index (χ2v) is 5.13. The quantitative estimate of drug-likeness (QED) is 0.757. The zero-order valence-electron chi connectivity index (χ0n) is 11.7. The SMILES string of the molecule is CCOC(=O)C1CCCN1CCOc1ccccc1Cl. The van der Waals surface area contributed by atoms with Crippen molar-refractivity contribution in [3.8, 4) is 5.75 Å². The van der Waals surface area contributed by atoms with Crippen LogP contribution in [-0.4, -0.2) is 43.2 Å². The third kappa shape index (κ3) is 3.87. The molecule has 0 N–H and O–H groups in total. The van der Waals surface area contributed by atoms with Crippen molar-refractivity contribution < 1.29 is 14.3 Å². The number of nitrogens with zero attached hydrogens (tertiary/aromatic N) is 1. The van der Waals surface area contributed by atoms with Crippen LogP contribution >= 0.6 is 11.6 Å². The molecule has 1 aliphatic heterocycles. The van der Waals surface area contributed by atoms with E-state index in [4.69, 9.17) is 21.1 Å². The Labute approximate surface area is 124 Å². The molecule has 1 saturated heterocycles. The summed E-state index contributed by atoms with van der Waals surface area (Å²) in [5, 5.41) is 0.607. The monoisotopic (exact) mass is 297 g/mol. The second-order valence-electron chi connectivity index (χ2n) is 4.72. The molecule has 1 unspecified atom stereocenters. The minimum Gasteiger partial charge on any atom is -0.491 e. The van der Waals surface area contributed by atoms with Crippen LogP contribution in [0.4, 0.5) is 0 Å². The van der Waals surface area contributed by atoms with Crippen LogP contribution < -0.4 is 4.74 Å². The van der Waals surface area contributed by atoms with Crippen molar-refractivity contribution in [2.75, 3.05) is 26.3 Å². The number of rotatable bonds is 6. The summed E-state index contributed by atoms with van der Waals surface area (Å²) in [6, 6.07) is 7.28. The molecule has 0 bridgehead atoms. The Morgan fingerprint density at radius 2 is 2.25 bits per heavy atom. The van der Waals surface area contributed by atoms with E-state index in [0.717, 1.165) is 19.4 Å². The number of para-hydroxylation sites is 1. The normalized spacial score (nSPS) is 19.0. The van der Waals surface area contributed by atoms with Gasteiger partial charge in [0.05, 0.1) is 11.6 Å². The van der Waals surface area contributed by atoms with Gasteiger partial charge < -0.3 is 9.47 Å². The fraction of sp³-hybridized carbons (Fsp3) is 0.533. The second kappa shape index (κ2) is 7.50. The Morgan fingerprint density at radius 3 is 3.00 bits per heavy atom. The van der Waals surface area contributed by atoms with Gasteiger partial charge in [-0.1, -0.05) is 23.7 Å². The van der Waals surface area contributed by atoms with Crippen molar-refractivity contribution in [2.45, 2.75) is 25.8 Å². The lowest BCUT2D eigenvalue weighted by molar-refractivity contribution is -0.148. The lowest BCUT2D eigenvalue weighted by Crippen LogP contribution is -2.39. The summed E-state index contributed by atoms with van der Waals surface area (Å²) < 4.78 is 10.8. The van der Waals surface area contributed by atoms with Gasteiger partial charge in [-0.3, -0.25) is 9.69 Å². The molecule has 0 radical (unpaired) electrons. The number of hydrogen-bond acceptors (Lipinski definition) is 4. The van der Waals surface area contributed by atoms with Crippen molar-refractivity contribution in [1.29, 1.82) is 0 Å². The molecule has 1 aromatic rings. The number of hydrogen-bond donors (Lipinski definition) is 0. The minimum atomic E-state index is -0.122. The van der Waals surface area contributed by atoms with E-state index in [9.17, 15) is 4.79 Å². The number of carbonyl (C=O) groups excluding carboxylic acids is 1. The molecule has 2 rings (SSSR count). The number of benzene rings is 1. The van der Waals surface area contributed by atoms with Gasteiger partial charge in [0.2, 0.25) is 0 Å². The predicted molar refractivity (Wildman–Crippen MR) is 78.2 cm³/mol. The molecule has 1 aliphatic rings. The summed E-state index contributed by atoms with van der Waals surface area (Å²) in [6.07, 6.45) is 1.89. The maximum absolute atomic E-state index is 11.8. The summed E-state index contributed by atoms with van der Waals surface area (Å²) in [5.41, 5.74) is 0. The predicted octanol–water partition coefficient (Wildman–Crippen LogP) is 2.75. The summed E-state index contributed by atoms with van der Waals surface area (Å²) in [6.45, 7) is 4.39. The smallest absolute Gasteiger partial charge is 0.323 e. The van der Waals surface area contributed by atoms with E-state index in [-0.39, 0.29) is 12.0 Å². The van der Waals surface area contributed by atoms with E-state index in [0.29, 0.717) is 30.5 Å². The van der Waals surface area contributed by atoms with Crippen molar-refractivity contribution in [1.82, 2.24) is 4.90 Å². The summed E-state index contributed by atoms with van der Waals surface area (Å²) >= 11 is 6.03. The highest BCUT2D eigenvalue weighted by atomic mass is 35.5. The van der Waals surface area contributed by atoms with Gasteiger partial charge in [0.15, 0.2) is 0 Å². The number of esters is 1. The molecule has 1 aromatic carbocycles. The Hall–Kier alpha value is -1.26. The molecular weight excluding hydrogens is 278 g/mol. The van der Waals surface area contributed by atoms with Crippen molar-refractivity contribution in [3.63, 3.8) is 0 Å². The number of carbonyl (C=O) groups is 1. The lowest BCUT2D eigenvalue weighted by atomic mass is 10.2. The third-order valence-corrected chi connectivity index (χ3v) is 3.71. The van der Waals surface area contributed by atoms with Gasteiger partial charge in [0.1, 0.15) is 18.4 Å². The summed E-state index contributed by atoms with van der Waals surface area (Å²) in [7, 11) is 0. The minimum absolute atomic E-state index is 0.121. The van der Waals surface area contributed by atoms with Crippen LogP contribution in [0.25, 0.3) is 0 Å². The average Bonchev–Trinajstić information content (AvgIpc) is 2.90. The molecule has 0 aromatic heterocycles. The molecule has 110 valence electrons. The first-order valence-electron chi connectivity index (χ1n) is 7.00. The number of likely N-dealkylation sites (tertiary alicyclic amines) is 1. The molecular formula is C15H20ClNO3. The van der Waals surface area contributed by atoms with Crippen LogP contribution in [0.15, 0.2) is 24.3 Å². The molecule has 1 atom stereocenters. The molecule has 0 aliphatic carbocycles. The maximum Gasteiger partial charge on any atom is 0.323 e. The van der Waals surface area contributed by atoms with Gasteiger partial charge in [0.25, 0.3) is 0 Å². The Balaban J connectivity index is 1.81. The average molecular weight is 298 g/mol. The highest BCUT2D eigenvalue weighted by Crippen LogP contribution is 2.23. The van der Waals surface area contributed by atoms with Crippen LogP contribution in [0.1, 0.15) is 19.8 Å². The maximum atomic E-state index is 11.8. The Bertz CT molecular complexity index is 452. The third-order valence-electron chi connectivity index (χ3n) is 3.40. The van der Waals surface area contributed by atoms with E-state index >= 15 is 0 Å². The molecule has 0 spiro atoms. The number of halogens is 1. The van der Waals surface area contributed by atoms with Gasteiger partial charge >= 0.3 is 5.97 Å². The fourth-order valence-corrected chi connectivity index (χ4v) is 2.62. The largest absolute Gasteiger partial charge is 0.491 e. The standard InChI is InChI=1S/C15H20ClNO3/c1-2-19-15(18)13-7-5-9-17(13)10-11-20-14-8-4-3-6-12(14)16/h3-4,6,8,13H,2,5,7,9-11H2,1H3. The Kier molecular flexibility index (Phi) is 5.68. The highest BCUT2D eigenvalue weighted by Gasteiger charge is 2.31. The van der Waals surface area contributed by atoms with Gasteiger partial charge in [-0.15, -0.1) is 0 Å². The van der Waals surface area contributed by atoms with Crippen LogP contribution in [0.5, 0.6) is 5.75 Å². The zero-order chi connectivity index (χ0) is 14.4. The van der Waals surface area contributed by atoms with Crippen molar-refractivity contribution >= 4 is 17.6 Å². The van der Waals surface area contributed by atoms with Gasteiger partial charge in [-0.25, -0.2) is 0 Å². The Morgan fingerprint density at radius 1 is 1.45 bits per heavy atom. The first-order valence-corrected chi connectivity index (χ1v) is 7.38. The van der Waals surface area contributed by atoms with E-state index in [1.165, 1.54) is 0 Å². The van der Waals surface area contributed by atoms with Crippen molar-refractivity contribution in [3.05, 3.63) is 29.3 Å². The van der Waals surface area contributed by atoms with Crippen LogP contribution in [0.3, 0.4) is 0 Å². The van der Waals surface area contributed by atoms with E-state index < -0.39 is 0 Å². The topological polar surface area (TPSA) is 38.8 Å². The molecule has 5 heteroatoms. The van der Waals surface area contributed by atoms with Gasteiger partial charge in [-0.05, 0) is 38.4 Å². The van der Waals surface area contributed by atoms with Crippen molar-refractivity contribution in [2.24, 2.45) is 0 Å². The summed E-state index contributed by atoms with van der Waals surface area (Å²) in [4.78, 5) is 13.9. The zero-order valence-corrected chi connectivity index (χ0v) is 12.4. The highest BCUT2D eigenvalue weighted by molar-refractivity contribution is 6.32. The summed E-state index contributed by atoms with van der Waals surface area (Å²) in [5.74, 6) is 0.559. The molecule has 4 nitrogen and oxygen atoms in total. The molecule has 1 heterocycles. The van der Waals surface area contributed by atoms with E-state index in [2.05, 4.69) is 4.90 Å². The van der Waals surface area contributed by atoms with Crippen LogP contribution in [-0.2, 0) is 9.53 Å². The van der Waals surface area contributed by atoms with E-state index in [1.807, 2.05) is 25.1 Å². The first kappa shape index (κ1) is 15.1. The van der Waals surface area contributed by atoms with E-state index in [1.54, 1.807) is 6.07 Å². The first-order chi connectivity index (χ1) is 9.72. The van der Waals surface area contributed by atoms with Crippen LogP contribution in [0, 0.1) is 0 Å². The van der Waals surface area contributed by atoms with Gasteiger partial charge in [-0.2, -0.15) is 0 Å². The molecule has 1 fully saturated rings. The fourth-order valence-electron chi connectivity index (χ4n) is 2.43. The number of ether oxygens (including phenoxy) is 2. The van der Waals surface area contributed by atoms with Gasteiger partial charge in [0, 0.05) is 6.54 Å².